The van der Waals surface area contributed by atoms with Gasteiger partial charge in [-0.15, -0.1) is 0 Å². The van der Waals surface area contributed by atoms with Crippen LogP contribution in [0.2, 0.25) is 0 Å². The molecule has 2 heterocycles. The molecule has 0 spiro atoms. The Morgan fingerprint density at radius 2 is 2.00 bits per heavy atom. The zero-order valence-corrected chi connectivity index (χ0v) is 20.5. The fraction of sp³-hybridized carbons (Fsp3) is 0.185. The first-order chi connectivity index (χ1) is 18.4. The second-order valence-electron chi connectivity index (χ2n) is 8.93. The predicted octanol–water partition coefficient (Wildman–Crippen LogP) is 5.56. The first-order valence-corrected chi connectivity index (χ1v) is 11.9. The molecule has 2 aromatic heterocycles. The lowest BCUT2D eigenvalue weighted by atomic mass is 10.1. The molecule has 1 fully saturated rings. The van der Waals surface area contributed by atoms with Crippen molar-refractivity contribution in [3.63, 3.8) is 0 Å². The summed E-state index contributed by atoms with van der Waals surface area (Å²) < 4.78 is 36.8. The molecule has 1 aliphatic rings. The Kier molecular flexibility index (Phi) is 6.98. The smallest absolute Gasteiger partial charge is 0.247 e. The molecular weight excluding hydrogens is 492 g/mol. The molecule has 1 saturated carbocycles. The van der Waals surface area contributed by atoms with Gasteiger partial charge < -0.3 is 20.7 Å². The van der Waals surface area contributed by atoms with E-state index in [1.54, 1.807) is 30.2 Å². The highest BCUT2D eigenvalue weighted by molar-refractivity contribution is 5.99. The molecule has 0 radical (unpaired) electrons. The number of aryl methyl sites for hydroxylation is 1. The Labute approximate surface area is 217 Å². The van der Waals surface area contributed by atoms with Gasteiger partial charge in [-0.3, -0.25) is 9.48 Å². The number of nitrogens with one attached hydrogen (secondary N) is 3. The summed E-state index contributed by atoms with van der Waals surface area (Å²) in [7, 11) is 1.77. The first-order valence-electron chi connectivity index (χ1n) is 11.9. The van der Waals surface area contributed by atoms with Gasteiger partial charge in [-0.2, -0.15) is 10.1 Å². The monoisotopic (exact) mass is 517 g/mol. The third-order valence-electron chi connectivity index (χ3n) is 5.79. The Morgan fingerprint density at radius 3 is 2.74 bits per heavy atom. The quantitative estimate of drug-likeness (QED) is 0.237. The van der Waals surface area contributed by atoms with Gasteiger partial charge in [0.25, 0.3) is 0 Å². The average Bonchev–Trinajstić information content (AvgIpc) is 3.64. The van der Waals surface area contributed by atoms with Gasteiger partial charge in [-0.05, 0) is 60.7 Å². The fourth-order valence-corrected chi connectivity index (χ4v) is 3.68. The number of ether oxygens (including phenoxy) is 1. The third kappa shape index (κ3) is 6.12. The second-order valence-corrected chi connectivity index (χ2v) is 8.93. The summed E-state index contributed by atoms with van der Waals surface area (Å²) in [6.45, 7) is 3.94. The molecule has 0 atom stereocenters. The van der Waals surface area contributed by atoms with E-state index in [9.17, 15) is 13.6 Å². The summed E-state index contributed by atoms with van der Waals surface area (Å²) in [6.07, 6.45) is 8.18. The van der Waals surface area contributed by atoms with Gasteiger partial charge in [0.05, 0.1) is 24.2 Å². The number of carbonyl (C=O) groups excluding carboxylic acids is 1. The molecular formula is C27H25F2N7O2. The molecule has 1 amide bonds. The van der Waals surface area contributed by atoms with Gasteiger partial charge in [0.2, 0.25) is 11.9 Å². The number of benzene rings is 2. The highest BCUT2D eigenvalue weighted by Gasteiger charge is 2.22. The number of halogens is 2. The fourth-order valence-electron chi connectivity index (χ4n) is 3.68. The lowest BCUT2D eigenvalue weighted by molar-refractivity contribution is -0.111. The number of anilines is 5. The molecule has 1 aliphatic carbocycles. The van der Waals surface area contributed by atoms with Crippen molar-refractivity contribution in [3.05, 3.63) is 79.3 Å². The number of hydrogen-bond acceptors (Lipinski definition) is 7. The maximum Gasteiger partial charge on any atom is 0.247 e. The van der Waals surface area contributed by atoms with Crippen molar-refractivity contribution in [2.75, 3.05) is 22.6 Å². The summed E-state index contributed by atoms with van der Waals surface area (Å²) in [5, 5.41) is 12.7. The first kappa shape index (κ1) is 24.9. The van der Waals surface area contributed by atoms with Gasteiger partial charge in [-0.25, -0.2) is 13.8 Å². The molecule has 0 bridgehead atoms. The Hall–Kier alpha value is -4.80. The van der Waals surface area contributed by atoms with E-state index >= 15 is 0 Å². The average molecular weight is 518 g/mol. The van der Waals surface area contributed by atoms with Crippen LogP contribution in [0.5, 0.6) is 5.75 Å². The van der Waals surface area contributed by atoms with Gasteiger partial charge in [0, 0.05) is 36.8 Å². The van der Waals surface area contributed by atoms with Crippen LogP contribution in [-0.2, 0) is 11.8 Å². The normalized spacial score (nSPS) is 12.6. The Bertz CT molecular complexity index is 1500. The van der Waals surface area contributed by atoms with E-state index in [0.717, 1.165) is 18.9 Å². The van der Waals surface area contributed by atoms with Gasteiger partial charge >= 0.3 is 0 Å². The van der Waals surface area contributed by atoms with Crippen LogP contribution in [0, 0.1) is 17.6 Å². The van der Waals surface area contributed by atoms with Crippen molar-refractivity contribution in [2.45, 2.75) is 12.8 Å². The molecule has 9 nitrogen and oxygen atoms in total. The Balaban J connectivity index is 1.52. The lowest BCUT2D eigenvalue weighted by Gasteiger charge is -2.15. The highest BCUT2D eigenvalue weighted by Crippen LogP contribution is 2.35. The number of nitrogens with zero attached hydrogens (tertiary/aromatic N) is 4. The van der Waals surface area contributed by atoms with E-state index in [0.29, 0.717) is 40.8 Å². The van der Waals surface area contributed by atoms with Crippen molar-refractivity contribution < 1.29 is 18.3 Å². The summed E-state index contributed by atoms with van der Waals surface area (Å²) in [5.41, 5.74) is 1.90. The standard InChI is InChI=1S/C27H25F2N7O2/c1-3-25(37)32-19-6-7-23(29)24(11-19)34-26-22(13-30-27(35-26)33-20-12-31-36(2)14-20)17-8-18(28)10-21(9-17)38-15-16-4-5-16/h3,6-14,16H,1,4-5,15H2,2H3,(H,32,37)(H2,30,33,34,35). The summed E-state index contributed by atoms with van der Waals surface area (Å²) in [5.74, 6) is -0.212. The van der Waals surface area contributed by atoms with Crippen LogP contribution in [0.4, 0.5) is 37.6 Å². The van der Waals surface area contributed by atoms with Gasteiger partial charge in [0.15, 0.2) is 0 Å². The third-order valence-corrected chi connectivity index (χ3v) is 5.79. The molecule has 0 aliphatic heterocycles. The molecule has 3 N–H and O–H groups in total. The Morgan fingerprint density at radius 1 is 1.16 bits per heavy atom. The topological polar surface area (TPSA) is 106 Å². The molecule has 5 rings (SSSR count). The van der Waals surface area contributed by atoms with Gasteiger partial charge in [-0.1, -0.05) is 6.58 Å². The number of carbonyl (C=O) groups is 1. The molecule has 0 unspecified atom stereocenters. The van der Waals surface area contributed by atoms with Crippen LogP contribution in [0.1, 0.15) is 12.8 Å². The van der Waals surface area contributed by atoms with Crippen LogP contribution in [0.15, 0.2) is 67.6 Å². The van der Waals surface area contributed by atoms with E-state index in [2.05, 4.69) is 37.6 Å². The van der Waals surface area contributed by atoms with E-state index in [4.69, 9.17) is 4.74 Å². The maximum atomic E-state index is 14.8. The van der Waals surface area contributed by atoms with E-state index in [-0.39, 0.29) is 17.5 Å². The molecule has 194 valence electrons. The molecule has 0 saturated heterocycles. The molecule has 38 heavy (non-hydrogen) atoms. The van der Waals surface area contributed by atoms with Crippen LogP contribution in [0.3, 0.4) is 0 Å². The maximum absolute atomic E-state index is 14.8. The van der Waals surface area contributed by atoms with Crippen molar-refractivity contribution >= 4 is 34.7 Å². The number of rotatable bonds is 10. The minimum absolute atomic E-state index is 0.0424. The molecule has 4 aromatic rings. The molecule has 2 aromatic carbocycles. The second kappa shape index (κ2) is 10.7. The van der Waals surface area contributed by atoms with Crippen molar-refractivity contribution in [3.8, 4) is 16.9 Å². The van der Waals surface area contributed by atoms with Crippen LogP contribution in [-0.4, -0.2) is 32.3 Å². The van der Waals surface area contributed by atoms with E-state index in [1.165, 1.54) is 36.5 Å². The summed E-state index contributed by atoms with van der Waals surface area (Å²) in [4.78, 5) is 20.6. The molecule has 11 heteroatoms. The number of amides is 1. The summed E-state index contributed by atoms with van der Waals surface area (Å²) >= 11 is 0. The van der Waals surface area contributed by atoms with Crippen LogP contribution in [0.25, 0.3) is 11.1 Å². The predicted molar refractivity (Wildman–Crippen MR) is 141 cm³/mol. The SMILES string of the molecule is C=CC(=O)Nc1ccc(F)c(Nc2nc(Nc3cnn(C)c3)ncc2-c2cc(F)cc(OCC3CC3)c2)c1. The van der Waals surface area contributed by atoms with E-state index < -0.39 is 17.5 Å². The number of aromatic nitrogens is 4. The van der Waals surface area contributed by atoms with Crippen molar-refractivity contribution in [2.24, 2.45) is 13.0 Å². The minimum atomic E-state index is -0.583. The van der Waals surface area contributed by atoms with E-state index in [1.807, 2.05) is 0 Å². The van der Waals surface area contributed by atoms with Crippen molar-refractivity contribution in [1.82, 2.24) is 19.7 Å². The van der Waals surface area contributed by atoms with Crippen LogP contribution < -0.4 is 20.7 Å². The number of hydrogen-bond donors (Lipinski definition) is 3. The van der Waals surface area contributed by atoms with Crippen molar-refractivity contribution in [1.29, 1.82) is 0 Å². The lowest BCUT2D eigenvalue weighted by Crippen LogP contribution is -2.08. The van der Waals surface area contributed by atoms with Crippen LogP contribution >= 0.6 is 0 Å². The zero-order valence-electron chi connectivity index (χ0n) is 20.5. The minimum Gasteiger partial charge on any atom is -0.493 e. The zero-order chi connectivity index (χ0) is 26.6. The largest absolute Gasteiger partial charge is 0.493 e. The highest BCUT2D eigenvalue weighted by atomic mass is 19.1. The summed E-state index contributed by atoms with van der Waals surface area (Å²) in [6, 6.07) is 8.41. The van der Waals surface area contributed by atoms with Gasteiger partial charge in [0.1, 0.15) is 23.2 Å².